The zero-order valence-electron chi connectivity index (χ0n) is 8.85. The molecule has 1 aromatic rings. The predicted octanol–water partition coefficient (Wildman–Crippen LogP) is 3.27. The number of carbonyl (C=O) groups is 1. The van der Waals surface area contributed by atoms with Gasteiger partial charge in [-0.2, -0.15) is 0 Å². The van der Waals surface area contributed by atoms with Crippen LogP contribution in [0.2, 0.25) is 0 Å². The summed E-state index contributed by atoms with van der Waals surface area (Å²) in [6.07, 6.45) is -4.84. The van der Waals surface area contributed by atoms with Gasteiger partial charge in [-0.05, 0) is 22.6 Å². The standard InChI is InChI=1S/C9H6BrF3INO3/c1-17-8(16)7-4(3-10)5(2-6(14)15-7)18-9(11,12)13/h2H,3H2,1H3. The van der Waals surface area contributed by atoms with E-state index in [0.717, 1.165) is 13.2 Å². The van der Waals surface area contributed by atoms with Gasteiger partial charge in [0, 0.05) is 17.0 Å². The van der Waals surface area contributed by atoms with E-state index in [4.69, 9.17) is 0 Å². The lowest BCUT2D eigenvalue weighted by molar-refractivity contribution is -0.274. The van der Waals surface area contributed by atoms with Gasteiger partial charge in [0.2, 0.25) is 0 Å². The third-order valence-electron chi connectivity index (χ3n) is 1.79. The van der Waals surface area contributed by atoms with Crippen LogP contribution in [-0.2, 0) is 10.1 Å². The smallest absolute Gasteiger partial charge is 0.464 e. The molecule has 0 amide bonds. The molecule has 100 valence electrons. The summed E-state index contributed by atoms with van der Waals surface area (Å²) in [5.41, 5.74) is -0.222. The van der Waals surface area contributed by atoms with E-state index in [1.165, 1.54) is 0 Å². The summed E-state index contributed by atoms with van der Waals surface area (Å²) in [6.45, 7) is 0. The zero-order chi connectivity index (χ0) is 13.9. The Balaban J connectivity index is 3.33. The SMILES string of the molecule is COC(=O)c1nc(I)cc(OC(F)(F)F)c1CBr. The van der Waals surface area contributed by atoms with Crippen molar-refractivity contribution in [1.82, 2.24) is 4.98 Å². The van der Waals surface area contributed by atoms with Gasteiger partial charge >= 0.3 is 12.3 Å². The number of methoxy groups -OCH3 is 1. The highest BCUT2D eigenvalue weighted by Gasteiger charge is 2.33. The van der Waals surface area contributed by atoms with Gasteiger partial charge in [0.25, 0.3) is 0 Å². The predicted molar refractivity (Wildman–Crippen MR) is 67.6 cm³/mol. The van der Waals surface area contributed by atoms with Gasteiger partial charge in [0.15, 0.2) is 5.69 Å². The Morgan fingerprint density at radius 1 is 1.56 bits per heavy atom. The fourth-order valence-electron chi connectivity index (χ4n) is 1.13. The zero-order valence-corrected chi connectivity index (χ0v) is 12.6. The molecule has 0 N–H and O–H groups in total. The molecule has 0 fully saturated rings. The molecule has 4 nitrogen and oxygen atoms in total. The first kappa shape index (κ1) is 15.5. The Bertz CT molecular complexity index is 467. The molecule has 0 aromatic carbocycles. The van der Waals surface area contributed by atoms with Crippen molar-refractivity contribution < 1.29 is 27.4 Å². The van der Waals surface area contributed by atoms with E-state index in [2.05, 4.69) is 30.4 Å². The van der Waals surface area contributed by atoms with Gasteiger partial charge in [0.1, 0.15) is 9.45 Å². The normalized spacial score (nSPS) is 11.2. The van der Waals surface area contributed by atoms with Crippen molar-refractivity contribution in [2.24, 2.45) is 0 Å². The molecule has 0 saturated heterocycles. The average Bonchev–Trinajstić information content (AvgIpc) is 2.25. The van der Waals surface area contributed by atoms with Crippen molar-refractivity contribution in [3.05, 3.63) is 21.0 Å². The molecule has 0 aliphatic heterocycles. The lowest BCUT2D eigenvalue weighted by atomic mass is 10.2. The minimum atomic E-state index is -4.84. The van der Waals surface area contributed by atoms with Gasteiger partial charge in [-0.3, -0.25) is 0 Å². The van der Waals surface area contributed by atoms with E-state index >= 15 is 0 Å². The van der Waals surface area contributed by atoms with E-state index in [1.54, 1.807) is 22.6 Å². The quantitative estimate of drug-likeness (QED) is 0.314. The lowest BCUT2D eigenvalue weighted by Crippen LogP contribution is -2.20. The number of aromatic nitrogens is 1. The fourth-order valence-corrected chi connectivity index (χ4v) is 2.19. The molecule has 0 radical (unpaired) electrons. The Labute approximate surface area is 122 Å². The highest BCUT2D eigenvalue weighted by atomic mass is 127. The van der Waals surface area contributed by atoms with Crippen LogP contribution in [-0.4, -0.2) is 24.4 Å². The van der Waals surface area contributed by atoms with Crippen molar-refractivity contribution in [3.63, 3.8) is 0 Å². The molecule has 0 spiro atoms. The number of alkyl halides is 4. The second kappa shape index (κ2) is 6.04. The fraction of sp³-hybridized carbons (Fsp3) is 0.333. The number of halogens is 5. The minimum absolute atomic E-state index is 0.0143. The van der Waals surface area contributed by atoms with Gasteiger partial charge < -0.3 is 9.47 Å². The Kier molecular flexibility index (Phi) is 5.20. The van der Waals surface area contributed by atoms with Gasteiger partial charge in [0.05, 0.1) is 7.11 Å². The second-order valence-corrected chi connectivity index (χ2v) is 4.61. The molecule has 1 aromatic heterocycles. The number of pyridine rings is 1. The van der Waals surface area contributed by atoms with Crippen molar-refractivity contribution in [1.29, 1.82) is 0 Å². The number of hydrogen-bond donors (Lipinski definition) is 0. The summed E-state index contributed by atoms with van der Waals surface area (Å²) in [7, 11) is 1.12. The molecule has 1 heterocycles. The third-order valence-corrected chi connectivity index (χ3v) is 2.90. The van der Waals surface area contributed by atoms with Crippen LogP contribution < -0.4 is 4.74 Å². The molecular formula is C9H6BrF3INO3. The minimum Gasteiger partial charge on any atom is -0.464 e. The molecule has 0 bridgehead atoms. The number of carbonyl (C=O) groups excluding carboxylic acids is 1. The molecule has 0 saturated carbocycles. The maximum absolute atomic E-state index is 12.2. The summed E-state index contributed by atoms with van der Waals surface area (Å²) >= 11 is 4.67. The van der Waals surface area contributed by atoms with Crippen molar-refractivity contribution in [2.75, 3.05) is 7.11 Å². The van der Waals surface area contributed by atoms with Crippen LogP contribution in [0.3, 0.4) is 0 Å². The number of rotatable bonds is 3. The topological polar surface area (TPSA) is 48.4 Å². The first-order valence-electron chi connectivity index (χ1n) is 4.38. The van der Waals surface area contributed by atoms with Crippen LogP contribution in [0.5, 0.6) is 5.75 Å². The van der Waals surface area contributed by atoms with Crippen LogP contribution in [0.15, 0.2) is 6.07 Å². The number of hydrogen-bond acceptors (Lipinski definition) is 4. The highest BCUT2D eigenvalue weighted by Crippen LogP contribution is 2.31. The van der Waals surface area contributed by atoms with Gasteiger partial charge in [-0.15, -0.1) is 13.2 Å². The maximum Gasteiger partial charge on any atom is 0.573 e. The largest absolute Gasteiger partial charge is 0.573 e. The molecule has 0 unspecified atom stereocenters. The second-order valence-electron chi connectivity index (χ2n) is 2.94. The van der Waals surface area contributed by atoms with Crippen LogP contribution in [0.25, 0.3) is 0 Å². The van der Waals surface area contributed by atoms with Crippen molar-refractivity contribution in [3.8, 4) is 5.75 Å². The Morgan fingerprint density at radius 3 is 2.61 bits per heavy atom. The van der Waals surface area contributed by atoms with E-state index in [0.29, 0.717) is 0 Å². The average molecular weight is 440 g/mol. The number of nitrogens with zero attached hydrogens (tertiary/aromatic N) is 1. The first-order chi connectivity index (χ1) is 8.28. The van der Waals surface area contributed by atoms with Crippen LogP contribution in [0, 0.1) is 3.70 Å². The van der Waals surface area contributed by atoms with Crippen LogP contribution in [0.4, 0.5) is 13.2 Å². The van der Waals surface area contributed by atoms with E-state index in [1.807, 2.05) is 0 Å². The molecule has 18 heavy (non-hydrogen) atoms. The number of ether oxygens (including phenoxy) is 2. The van der Waals surface area contributed by atoms with E-state index in [9.17, 15) is 18.0 Å². The monoisotopic (exact) mass is 439 g/mol. The Morgan fingerprint density at radius 2 is 2.17 bits per heavy atom. The van der Waals surface area contributed by atoms with Crippen molar-refractivity contribution in [2.45, 2.75) is 11.7 Å². The van der Waals surface area contributed by atoms with Gasteiger partial charge in [-0.25, -0.2) is 9.78 Å². The molecule has 0 atom stereocenters. The summed E-state index contributed by atoms with van der Waals surface area (Å²) in [5, 5.41) is -0.0211. The summed E-state index contributed by atoms with van der Waals surface area (Å²) in [5.74, 6) is -1.30. The van der Waals surface area contributed by atoms with Crippen molar-refractivity contribution >= 4 is 44.5 Å². The van der Waals surface area contributed by atoms with E-state index in [-0.39, 0.29) is 20.3 Å². The number of esters is 1. The summed E-state index contributed by atoms with van der Waals surface area (Å²) in [4.78, 5) is 15.3. The maximum atomic E-state index is 12.2. The van der Waals surface area contributed by atoms with Crippen LogP contribution in [0.1, 0.15) is 16.1 Å². The van der Waals surface area contributed by atoms with Gasteiger partial charge in [-0.1, -0.05) is 15.9 Å². The molecule has 9 heteroatoms. The first-order valence-corrected chi connectivity index (χ1v) is 6.58. The van der Waals surface area contributed by atoms with E-state index < -0.39 is 18.1 Å². The molecule has 0 aliphatic rings. The summed E-state index contributed by atoms with van der Waals surface area (Å²) < 4.78 is 45.2. The molecular weight excluding hydrogens is 434 g/mol. The highest BCUT2D eigenvalue weighted by molar-refractivity contribution is 14.1. The van der Waals surface area contributed by atoms with Crippen LogP contribution >= 0.6 is 38.5 Å². The third kappa shape index (κ3) is 3.97. The lowest BCUT2D eigenvalue weighted by Gasteiger charge is -2.14. The Hall–Kier alpha value is -0.580. The summed E-state index contributed by atoms with van der Waals surface area (Å²) in [6, 6.07) is 1.09. The molecule has 1 rings (SSSR count). The molecule has 0 aliphatic carbocycles.